The summed E-state index contributed by atoms with van der Waals surface area (Å²) in [7, 11) is 0. The molecule has 4 nitrogen and oxygen atoms in total. The Balaban J connectivity index is 1.94. The number of hydrogen-bond acceptors (Lipinski definition) is 2. The van der Waals surface area contributed by atoms with E-state index in [-0.39, 0.29) is 11.5 Å². The first-order valence-corrected chi connectivity index (χ1v) is 6.46. The first kappa shape index (κ1) is 11.5. The van der Waals surface area contributed by atoms with Crippen molar-refractivity contribution in [1.29, 1.82) is 0 Å². The van der Waals surface area contributed by atoms with Crippen LogP contribution in [0.15, 0.2) is 24.8 Å². The van der Waals surface area contributed by atoms with Gasteiger partial charge in [-0.05, 0) is 29.9 Å². The smallest absolute Gasteiger partial charge is 0.0922 e. The summed E-state index contributed by atoms with van der Waals surface area (Å²) in [4.78, 5) is 7.22. The average molecular weight is 244 g/mol. The molecule has 2 heterocycles. The fourth-order valence-corrected chi connectivity index (χ4v) is 3.00. The normalized spacial score (nSPS) is 21.8. The first-order valence-electron chi connectivity index (χ1n) is 6.46. The molecule has 0 bridgehead atoms. The molecule has 2 aromatic heterocycles. The maximum absolute atomic E-state index is 6.28. The Bertz CT molecular complexity index is 536. The third-order valence-electron chi connectivity index (χ3n) is 3.83. The summed E-state index contributed by atoms with van der Waals surface area (Å²) < 4.78 is 2.30. The van der Waals surface area contributed by atoms with Gasteiger partial charge in [-0.15, -0.1) is 0 Å². The molecule has 2 aromatic rings. The van der Waals surface area contributed by atoms with Crippen LogP contribution in [0, 0.1) is 5.41 Å². The van der Waals surface area contributed by atoms with Gasteiger partial charge in [0.1, 0.15) is 0 Å². The zero-order valence-corrected chi connectivity index (χ0v) is 11.0. The Labute approximate surface area is 107 Å². The van der Waals surface area contributed by atoms with Crippen molar-refractivity contribution in [2.45, 2.75) is 39.3 Å². The molecule has 0 saturated carbocycles. The molecule has 0 fully saturated rings. The van der Waals surface area contributed by atoms with Crippen LogP contribution >= 0.6 is 0 Å². The molecule has 18 heavy (non-hydrogen) atoms. The lowest BCUT2D eigenvalue weighted by Crippen LogP contribution is -2.30. The second-order valence-electron chi connectivity index (χ2n) is 6.07. The number of imidazole rings is 1. The fraction of sp³-hybridized carbons (Fsp3) is 0.500. The van der Waals surface area contributed by atoms with Gasteiger partial charge in [0.2, 0.25) is 0 Å². The van der Waals surface area contributed by atoms with Crippen molar-refractivity contribution in [1.82, 2.24) is 14.5 Å². The summed E-state index contributed by atoms with van der Waals surface area (Å²) in [6, 6.07) is 2.35. The number of nitrogens with one attached hydrogen (secondary N) is 1. The number of fused-ring (bicyclic) bond motifs is 1. The van der Waals surface area contributed by atoms with Crippen LogP contribution in [0.4, 0.5) is 0 Å². The van der Waals surface area contributed by atoms with E-state index in [1.54, 1.807) is 6.33 Å². The summed E-state index contributed by atoms with van der Waals surface area (Å²) in [6.45, 7) is 5.44. The number of nitrogens with zero attached hydrogens (tertiary/aromatic N) is 2. The molecule has 96 valence electrons. The van der Waals surface area contributed by atoms with Crippen LogP contribution in [0.3, 0.4) is 0 Å². The van der Waals surface area contributed by atoms with Gasteiger partial charge in [-0.3, -0.25) is 0 Å². The van der Waals surface area contributed by atoms with Crippen LogP contribution in [-0.2, 0) is 13.0 Å². The minimum Gasteiger partial charge on any atom is -0.347 e. The Kier molecular flexibility index (Phi) is 2.55. The largest absolute Gasteiger partial charge is 0.347 e. The predicted molar refractivity (Wildman–Crippen MR) is 71.2 cm³/mol. The SMILES string of the molecule is CC1(C)Cc2c(ccn2Cc2cnc[nH]2)C(N)C1. The number of nitrogens with two attached hydrogens (primary N) is 1. The number of aromatic nitrogens is 3. The van der Waals surface area contributed by atoms with E-state index in [1.807, 2.05) is 6.20 Å². The molecular formula is C14H20N4. The van der Waals surface area contributed by atoms with Crippen molar-refractivity contribution < 1.29 is 0 Å². The summed E-state index contributed by atoms with van der Waals surface area (Å²) in [5, 5.41) is 0. The molecule has 0 aliphatic heterocycles. The van der Waals surface area contributed by atoms with Crippen LogP contribution < -0.4 is 5.73 Å². The Morgan fingerprint density at radius 2 is 2.39 bits per heavy atom. The predicted octanol–water partition coefficient (Wildman–Crippen LogP) is 2.23. The number of H-pyrrole nitrogens is 1. The van der Waals surface area contributed by atoms with Crippen molar-refractivity contribution in [3.63, 3.8) is 0 Å². The van der Waals surface area contributed by atoms with Gasteiger partial charge in [0, 0.05) is 24.1 Å². The Morgan fingerprint density at radius 3 is 3.11 bits per heavy atom. The van der Waals surface area contributed by atoms with Crippen molar-refractivity contribution in [3.8, 4) is 0 Å². The molecule has 1 aliphatic rings. The molecule has 0 radical (unpaired) electrons. The topological polar surface area (TPSA) is 59.6 Å². The highest BCUT2D eigenvalue weighted by Crippen LogP contribution is 2.40. The van der Waals surface area contributed by atoms with Gasteiger partial charge in [-0.25, -0.2) is 4.98 Å². The maximum Gasteiger partial charge on any atom is 0.0922 e. The van der Waals surface area contributed by atoms with Gasteiger partial charge >= 0.3 is 0 Å². The minimum absolute atomic E-state index is 0.173. The van der Waals surface area contributed by atoms with Crippen molar-refractivity contribution in [3.05, 3.63) is 41.7 Å². The van der Waals surface area contributed by atoms with Crippen LogP contribution in [-0.4, -0.2) is 14.5 Å². The maximum atomic E-state index is 6.28. The highest BCUT2D eigenvalue weighted by molar-refractivity contribution is 5.30. The molecule has 3 N–H and O–H groups in total. The molecule has 0 spiro atoms. The first-order chi connectivity index (χ1) is 8.55. The van der Waals surface area contributed by atoms with E-state index in [1.165, 1.54) is 11.3 Å². The van der Waals surface area contributed by atoms with Gasteiger partial charge in [0.25, 0.3) is 0 Å². The molecule has 3 rings (SSSR count). The highest BCUT2D eigenvalue weighted by Gasteiger charge is 2.32. The summed E-state index contributed by atoms with van der Waals surface area (Å²) in [5.41, 5.74) is 10.4. The fourth-order valence-electron chi connectivity index (χ4n) is 3.00. The van der Waals surface area contributed by atoms with E-state index in [2.05, 4.69) is 40.6 Å². The van der Waals surface area contributed by atoms with Crippen molar-refractivity contribution >= 4 is 0 Å². The zero-order valence-electron chi connectivity index (χ0n) is 11.0. The van der Waals surface area contributed by atoms with Gasteiger partial charge < -0.3 is 15.3 Å². The Hall–Kier alpha value is -1.55. The summed E-state index contributed by atoms with van der Waals surface area (Å²) in [5.74, 6) is 0. The second-order valence-corrected chi connectivity index (χ2v) is 6.07. The summed E-state index contributed by atoms with van der Waals surface area (Å²) in [6.07, 6.45) is 7.90. The van der Waals surface area contributed by atoms with Gasteiger partial charge in [-0.1, -0.05) is 13.8 Å². The Morgan fingerprint density at radius 1 is 1.56 bits per heavy atom. The molecule has 0 amide bonds. The molecule has 0 aromatic carbocycles. The number of aromatic amines is 1. The number of rotatable bonds is 2. The van der Waals surface area contributed by atoms with E-state index >= 15 is 0 Å². The average Bonchev–Trinajstić information content (AvgIpc) is 2.88. The highest BCUT2D eigenvalue weighted by atomic mass is 15.0. The lowest BCUT2D eigenvalue weighted by atomic mass is 9.74. The van der Waals surface area contributed by atoms with Crippen LogP contribution in [0.2, 0.25) is 0 Å². The molecule has 0 saturated heterocycles. The lowest BCUT2D eigenvalue weighted by Gasteiger charge is -2.34. The lowest BCUT2D eigenvalue weighted by molar-refractivity contribution is 0.276. The summed E-state index contributed by atoms with van der Waals surface area (Å²) >= 11 is 0. The van der Waals surface area contributed by atoms with Crippen molar-refractivity contribution in [2.75, 3.05) is 0 Å². The van der Waals surface area contributed by atoms with E-state index in [4.69, 9.17) is 5.73 Å². The zero-order chi connectivity index (χ0) is 12.8. The van der Waals surface area contributed by atoms with E-state index < -0.39 is 0 Å². The number of hydrogen-bond donors (Lipinski definition) is 2. The van der Waals surface area contributed by atoms with E-state index in [0.717, 1.165) is 25.1 Å². The van der Waals surface area contributed by atoms with Crippen LogP contribution in [0.25, 0.3) is 0 Å². The standard InChI is InChI=1S/C14H20N4/c1-14(2)5-12(15)11-3-4-18(13(11)6-14)8-10-7-16-9-17-10/h3-4,7,9,12H,5-6,8,15H2,1-2H3,(H,16,17). The van der Waals surface area contributed by atoms with E-state index in [9.17, 15) is 0 Å². The van der Waals surface area contributed by atoms with Crippen LogP contribution in [0.1, 0.15) is 43.3 Å². The van der Waals surface area contributed by atoms with Gasteiger partial charge in [-0.2, -0.15) is 0 Å². The quantitative estimate of drug-likeness (QED) is 0.851. The monoisotopic (exact) mass is 244 g/mol. The molecule has 1 unspecified atom stereocenters. The molecular weight excluding hydrogens is 224 g/mol. The van der Waals surface area contributed by atoms with Gasteiger partial charge in [0.15, 0.2) is 0 Å². The molecule has 4 heteroatoms. The van der Waals surface area contributed by atoms with E-state index in [0.29, 0.717) is 0 Å². The second kappa shape index (κ2) is 3.99. The van der Waals surface area contributed by atoms with Gasteiger partial charge in [0.05, 0.1) is 18.6 Å². The molecule has 1 aliphatic carbocycles. The molecule has 1 atom stereocenters. The third kappa shape index (κ3) is 1.97. The van der Waals surface area contributed by atoms with Crippen LogP contribution in [0.5, 0.6) is 0 Å². The van der Waals surface area contributed by atoms with Crippen molar-refractivity contribution in [2.24, 2.45) is 11.1 Å². The third-order valence-corrected chi connectivity index (χ3v) is 3.83. The minimum atomic E-state index is 0.173.